The number of hydrogen-bond acceptors (Lipinski definition) is 7. The lowest BCUT2D eigenvalue weighted by molar-refractivity contribution is 0.0952. The number of phenols is 1. The van der Waals surface area contributed by atoms with Gasteiger partial charge in [-0.2, -0.15) is 0 Å². The molecule has 1 heterocycles. The molecule has 0 aliphatic heterocycles. The maximum Gasteiger partial charge on any atom is 0.405 e. The first-order valence-corrected chi connectivity index (χ1v) is 15.7. The van der Waals surface area contributed by atoms with Gasteiger partial charge in [0.2, 0.25) is 5.56 Å². The van der Waals surface area contributed by atoms with Gasteiger partial charge in [0, 0.05) is 30.1 Å². The molecule has 1 unspecified atom stereocenters. The van der Waals surface area contributed by atoms with E-state index in [0.29, 0.717) is 40.9 Å². The number of fused-ring (bicyclic) bond motifs is 1. The maximum atomic E-state index is 12.8. The molecule has 7 N–H and O–H groups in total. The molecule has 2 atom stereocenters. The fourth-order valence-electron chi connectivity index (χ4n) is 5.46. The Morgan fingerprint density at radius 2 is 1.60 bits per heavy atom. The molecule has 11 heteroatoms. The number of amides is 2. The highest BCUT2D eigenvalue weighted by Crippen LogP contribution is 2.29. The highest BCUT2D eigenvalue weighted by atomic mass is 16.5. The standard InChI is InChI=1S/C37H38N4O7/c42-31-16-14-29(30-15-17-33(44)40-35(30)31)32(43)22-38-18-4-5-19-39-36(45)27-12-6-8-24(20-27)23-48-28-13-7-11-26(21-28)34(41-37(46)47)25-9-2-1-3-10-25/h1-3,6-17,20-21,32,34,38,41-43H,4-5,18-19,22-23H2,(H,39,45)(H,40,44)(H,46,47)/t32?,34-/m0/s1. The third kappa shape index (κ3) is 8.99. The number of aromatic hydroxyl groups is 1. The molecule has 0 aliphatic rings. The smallest absolute Gasteiger partial charge is 0.405 e. The van der Waals surface area contributed by atoms with Gasteiger partial charge in [0.1, 0.15) is 18.1 Å². The number of aliphatic hydroxyl groups is 1. The number of hydrogen-bond donors (Lipinski definition) is 7. The molecule has 5 rings (SSSR count). The van der Waals surface area contributed by atoms with Crippen molar-refractivity contribution in [2.24, 2.45) is 0 Å². The van der Waals surface area contributed by atoms with E-state index in [1.807, 2.05) is 48.5 Å². The number of carboxylic acid groups (broad SMARTS) is 1. The van der Waals surface area contributed by atoms with Crippen LogP contribution in [0.25, 0.3) is 10.9 Å². The number of aromatic nitrogens is 1. The number of ether oxygens (including phenoxy) is 1. The number of rotatable bonds is 15. The summed E-state index contributed by atoms with van der Waals surface area (Å²) in [6, 6.07) is 29.3. The van der Waals surface area contributed by atoms with E-state index in [1.165, 1.54) is 12.1 Å². The second kappa shape index (κ2) is 16.3. The van der Waals surface area contributed by atoms with Crippen LogP contribution in [0.5, 0.6) is 11.5 Å². The summed E-state index contributed by atoms with van der Waals surface area (Å²) in [6.07, 6.45) is -0.452. The van der Waals surface area contributed by atoms with E-state index in [0.717, 1.165) is 29.5 Å². The monoisotopic (exact) mass is 650 g/mol. The van der Waals surface area contributed by atoms with Crippen molar-refractivity contribution in [1.29, 1.82) is 0 Å². The highest BCUT2D eigenvalue weighted by Gasteiger charge is 2.17. The van der Waals surface area contributed by atoms with Crippen molar-refractivity contribution < 1.29 is 29.6 Å². The number of pyridine rings is 1. The third-order valence-corrected chi connectivity index (χ3v) is 7.86. The number of benzene rings is 4. The summed E-state index contributed by atoms with van der Waals surface area (Å²) in [4.78, 5) is 38.5. The Bertz CT molecular complexity index is 1910. The molecule has 248 valence electrons. The number of unbranched alkanes of at least 4 members (excludes halogenated alkanes) is 1. The zero-order valence-electron chi connectivity index (χ0n) is 26.2. The number of carbonyl (C=O) groups excluding carboxylic acids is 1. The van der Waals surface area contributed by atoms with E-state index in [4.69, 9.17) is 4.74 Å². The largest absolute Gasteiger partial charge is 0.506 e. The topological polar surface area (TPSA) is 173 Å². The van der Waals surface area contributed by atoms with Gasteiger partial charge < -0.3 is 41.0 Å². The summed E-state index contributed by atoms with van der Waals surface area (Å²) >= 11 is 0. The first-order chi connectivity index (χ1) is 23.3. The molecule has 1 aromatic heterocycles. The Morgan fingerprint density at radius 3 is 2.42 bits per heavy atom. The van der Waals surface area contributed by atoms with Gasteiger partial charge in [-0.1, -0.05) is 60.7 Å². The van der Waals surface area contributed by atoms with Gasteiger partial charge in [-0.05, 0) is 78.0 Å². The van der Waals surface area contributed by atoms with Crippen LogP contribution in [-0.2, 0) is 6.61 Å². The zero-order valence-corrected chi connectivity index (χ0v) is 26.2. The molecule has 0 fully saturated rings. The van der Waals surface area contributed by atoms with Crippen LogP contribution in [-0.4, -0.2) is 51.9 Å². The molecule has 0 saturated carbocycles. The zero-order chi connectivity index (χ0) is 33.9. The molecule has 0 radical (unpaired) electrons. The van der Waals surface area contributed by atoms with E-state index in [-0.39, 0.29) is 30.4 Å². The van der Waals surface area contributed by atoms with Crippen molar-refractivity contribution in [2.45, 2.75) is 31.6 Å². The molecule has 2 amide bonds. The van der Waals surface area contributed by atoms with E-state index < -0.39 is 18.2 Å². The van der Waals surface area contributed by atoms with E-state index in [2.05, 4.69) is 20.9 Å². The van der Waals surface area contributed by atoms with Gasteiger partial charge in [0.05, 0.1) is 17.7 Å². The lowest BCUT2D eigenvalue weighted by Crippen LogP contribution is -2.27. The summed E-state index contributed by atoms with van der Waals surface area (Å²) in [5, 5.41) is 39.4. The predicted molar refractivity (Wildman–Crippen MR) is 182 cm³/mol. The number of carbonyl (C=O) groups is 2. The Hall–Kier alpha value is -5.65. The number of nitrogens with one attached hydrogen (secondary N) is 4. The number of aromatic amines is 1. The molecule has 0 aliphatic carbocycles. The lowest BCUT2D eigenvalue weighted by atomic mass is 9.98. The highest BCUT2D eigenvalue weighted by molar-refractivity contribution is 5.94. The summed E-state index contributed by atoms with van der Waals surface area (Å²) in [7, 11) is 0. The quantitative estimate of drug-likeness (QED) is 0.0776. The first kappa shape index (κ1) is 33.7. The summed E-state index contributed by atoms with van der Waals surface area (Å²) in [5.41, 5.74) is 3.44. The summed E-state index contributed by atoms with van der Waals surface area (Å²) in [5.74, 6) is 0.329. The predicted octanol–water partition coefficient (Wildman–Crippen LogP) is 5.00. The van der Waals surface area contributed by atoms with Crippen molar-refractivity contribution in [2.75, 3.05) is 19.6 Å². The minimum absolute atomic E-state index is 0.0545. The lowest BCUT2D eigenvalue weighted by Gasteiger charge is -2.19. The van der Waals surface area contributed by atoms with Crippen LogP contribution in [0.3, 0.4) is 0 Å². The third-order valence-electron chi connectivity index (χ3n) is 7.86. The average Bonchev–Trinajstić information content (AvgIpc) is 3.10. The van der Waals surface area contributed by atoms with Crippen molar-refractivity contribution in [3.63, 3.8) is 0 Å². The minimum atomic E-state index is -1.13. The van der Waals surface area contributed by atoms with Crippen LogP contribution < -0.4 is 26.2 Å². The van der Waals surface area contributed by atoms with E-state index in [1.54, 1.807) is 42.5 Å². The second-order valence-corrected chi connectivity index (χ2v) is 11.3. The number of H-pyrrole nitrogens is 1. The van der Waals surface area contributed by atoms with Crippen LogP contribution in [0.1, 0.15) is 57.6 Å². The SMILES string of the molecule is O=C(O)N[C@@H](c1ccccc1)c1cccc(OCc2cccc(C(=O)NCCCCNCC(O)c3ccc(O)c4[nH]c(=O)ccc34)c2)c1. The maximum absolute atomic E-state index is 12.8. The summed E-state index contributed by atoms with van der Waals surface area (Å²) in [6.45, 7) is 1.63. The van der Waals surface area contributed by atoms with Gasteiger partial charge in [0.15, 0.2) is 0 Å². The summed E-state index contributed by atoms with van der Waals surface area (Å²) < 4.78 is 6.01. The Balaban J connectivity index is 1.05. The van der Waals surface area contributed by atoms with Gasteiger partial charge >= 0.3 is 6.09 Å². The van der Waals surface area contributed by atoms with Crippen LogP contribution in [0, 0.1) is 0 Å². The van der Waals surface area contributed by atoms with Crippen molar-refractivity contribution in [3.05, 3.63) is 141 Å². The average molecular weight is 651 g/mol. The molecule has 48 heavy (non-hydrogen) atoms. The van der Waals surface area contributed by atoms with Gasteiger partial charge in [0.25, 0.3) is 5.91 Å². The normalized spacial score (nSPS) is 12.3. The van der Waals surface area contributed by atoms with Gasteiger partial charge in [-0.3, -0.25) is 9.59 Å². The molecule has 0 bridgehead atoms. The number of phenolic OH excluding ortho intramolecular Hbond substituents is 1. The molecular weight excluding hydrogens is 612 g/mol. The Labute approximate surface area is 277 Å². The van der Waals surface area contributed by atoms with Crippen molar-refractivity contribution in [3.8, 4) is 11.5 Å². The molecular formula is C37H38N4O7. The molecule has 11 nitrogen and oxygen atoms in total. The fraction of sp³-hybridized carbons (Fsp3) is 0.216. The fourth-order valence-corrected chi connectivity index (χ4v) is 5.46. The molecule has 4 aromatic carbocycles. The minimum Gasteiger partial charge on any atom is -0.506 e. The molecule has 5 aromatic rings. The second-order valence-electron chi connectivity index (χ2n) is 11.3. The van der Waals surface area contributed by atoms with E-state index >= 15 is 0 Å². The molecule has 0 spiro atoms. The van der Waals surface area contributed by atoms with Crippen molar-refractivity contribution in [1.82, 2.24) is 20.9 Å². The van der Waals surface area contributed by atoms with Crippen LogP contribution in [0.15, 0.2) is 108 Å². The number of aliphatic hydroxyl groups excluding tert-OH is 1. The van der Waals surface area contributed by atoms with Crippen LogP contribution in [0.2, 0.25) is 0 Å². The van der Waals surface area contributed by atoms with Gasteiger partial charge in [-0.25, -0.2) is 4.79 Å². The van der Waals surface area contributed by atoms with Gasteiger partial charge in [-0.15, -0.1) is 0 Å². The molecule has 0 saturated heterocycles. The van der Waals surface area contributed by atoms with E-state index in [9.17, 15) is 29.7 Å². The van der Waals surface area contributed by atoms with Crippen LogP contribution >= 0.6 is 0 Å². The first-order valence-electron chi connectivity index (χ1n) is 15.7. The van der Waals surface area contributed by atoms with Crippen LogP contribution in [0.4, 0.5) is 4.79 Å². The Morgan fingerprint density at radius 1 is 0.833 bits per heavy atom. The Kier molecular flexibility index (Phi) is 11.4. The van der Waals surface area contributed by atoms with Crippen molar-refractivity contribution >= 4 is 22.9 Å².